The number of unbranched alkanes of at least 4 members (excludes halogenated alkanes) is 5. The maximum atomic E-state index is 15.2. The van der Waals surface area contributed by atoms with Crippen molar-refractivity contribution >= 4 is 76.3 Å². The van der Waals surface area contributed by atoms with E-state index in [9.17, 15) is 43.2 Å². The highest BCUT2D eigenvalue weighted by atomic mass is 16.8. The summed E-state index contributed by atoms with van der Waals surface area (Å²) in [5, 5.41) is 3.02. The number of methoxy groups -OCH3 is 2. The number of hydrogen-bond donors (Lipinski definition) is 1. The van der Waals surface area contributed by atoms with Gasteiger partial charge in [-0.2, -0.15) is 0 Å². The van der Waals surface area contributed by atoms with E-state index in [-0.39, 0.29) is 102 Å². The highest BCUT2D eigenvalue weighted by molar-refractivity contribution is 6.04. The Labute approximate surface area is 713 Å². The molecule has 2 aliphatic rings. The first-order chi connectivity index (χ1) is 60.4. The average molecular weight is 1680 g/mol. The van der Waals surface area contributed by atoms with Crippen LogP contribution in [0.5, 0.6) is 28.7 Å². The molecule has 0 radical (unpaired) electrons. The van der Waals surface area contributed by atoms with Crippen LogP contribution in [0.2, 0.25) is 0 Å². The van der Waals surface area contributed by atoms with E-state index in [2.05, 4.69) is 12.2 Å². The van der Waals surface area contributed by atoms with Crippen LogP contribution in [0.1, 0.15) is 134 Å². The van der Waals surface area contributed by atoms with Crippen molar-refractivity contribution in [3.05, 3.63) is 339 Å². The summed E-state index contributed by atoms with van der Waals surface area (Å²) in [6.07, 6.45) is -10.1. The van der Waals surface area contributed by atoms with E-state index in [1.54, 1.807) is 146 Å². The molecule has 0 aliphatic carbocycles. The van der Waals surface area contributed by atoms with E-state index in [4.69, 9.17) is 71.1 Å². The molecule has 13 rings (SSSR count). The van der Waals surface area contributed by atoms with Crippen molar-refractivity contribution in [2.75, 3.05) is 39.4 Å². The second-order valence-corrected chi connectivity index (χ2v) is 28.6. The van der Waals surface area contributed by atoms with Crippen LogP contribution in [0.15, 0.2) is 284 Å². The third-order valence-electron chi connectivity index (χ3n) is 20.2. The number of hydrogen-bond acceptors (Lipinski definition) is 25. The minimum Gasteiger partial charge on any atom is -0.493 e. The fourth-order valence-corrected chi connectivity index (χ4v) is 13.8. The summed E-state index contributed by atoms with van der Waals surface area (Å²) in [7, 11) is 4.11. The summed E-state index contributed by atoms with van der Waals surface area (Å²) in [4.78, 5) is 144. The number of carbonyl (C=O) groups excluding carboxylic acids is 9. The number of nitrogens with zero attached hydrogens (tertiary/aromatic N) is 1. The molecule has 27 heteroatoms. The monoisotopic (exact) mass is 1680 g/mol. The number of carbonyl (C=O) groups is 9. The van der Waals surface area contributed by atoms with Gasteiger partial charge in [-0.05, 0) is 145 Å². The highest BCUT2D eigenvalue weighted by Gasteiger charge is 2.57. The molecule has 124 heavy (non-hydrogen) atoms. The Morgan fingerprint density at radius 2 is 0.710 bits per heavy atom. The number of aryl methyl sites for hydroxylation is 1. The molecule has 0 unspecified atom stereocenters. The zero-order valence-corrected chi connectivity index (χ0v) is 67.9. The van der Waals surface area contributed by atoms with Crippen molar-refractivity contribution in [2.45, 2.75) is 107 Å². The van der Waals surface area contributed by atoms with Crippen molar-refractivity contribution < 1.29 is 114 Å². The number of aromatic nitrogens is 1. The third kappa shape index (κ3) is 22.1. The van der Waals surface area contributed by atoms with Gasteiger partial charge in [0.1, 0.15) is 25.4 Å². The van der Waals surface area contributed by atoms with E-state index < -0.39 is 134 Å². The molecule has 1 amide bonds. The quantitative estimate of drug-likeness (QED) is 0.0167. The van der Waals surface area contributed by atoms with Gasteiger partial charge in [0.2, 0.25) is 42.2 Å². The van der Waals surface area contributed by atoms with Gasteiger partial charge in [0.15, 0.2) is 41.7 Å². The van der Waals surface area contributed by atoms with Crippen molar-refractivity contribution in [1.29, 1.82) is 0 Å². The van der Waals surface area contributed by atoms with Crippen LogP contribution in [0.4, 0.5) is 5.69 Å². The Balaban J connectivity index is 0.843. The van der Waals surface area contributed by atoms with E-state index in [0.29, 0.717) is 6.42 Å². The number of amides is 1. The highest BCUT2D eigenvalue weighted by Crippen LogP contribution is 2.44. The molecule has 1 aromatic heterocycles. The predicted molar refractivity (Wildman–Crippen MR) is 451 cm³/mol. The van der Waals surface area contributed by atoms with Crippen LogP contribution in [0, 0.1) is 0 Å². The summed E-state index contributed by atoms with van der Waals surface area (Å²) in [6, 6.07) is 70.6. The van der Waals surface area contributed by atoms with Crippen LogP contribution < -0.4 is 34.6 Å². The molecule has 27 nitrogen and oxygen atoms in total. The normalized spacial score (nSPS) is 18.4. The molecular formula is C97H88N2O25. The lowest BCUT2D eigenvalue weighted by Crippen LogP contribution is -2.64. The summed E-state index contributed by atoms with van der Waals surface area (Å²) in [5.74, 6) is -8.90. The van der Waals surface area contributed by atoms with Gasteiger partial charge in [-0.1, -0.05) is 185 Å². The molecule has 0 saturated carbocycles. The summed E-state index contributed by atoms with van der Waals surface area (Å²) < 4.78 is 96.5. The number of pyridine rings is 1. The minimum atomic E-state index is -1.95. The maximum absolute atomic E-state index is 15.2. The Morgan fingerprint density at radius 1 is 0.379 bits per heavy atom. The van der Waals surface area contributed by atoms with Gasteiger partial charge < -0.3 is 80.9 Å². The number of fused-ring (bicyclic) bond motifs is 1. The lowest BCUT2D eigenvalue weighted by atomic mass is 9.97. The summed E-state index contributed by atoms with van der Waals surface area (Å²) >= 11 is 0. The van der Waals surface area contributed by atoms with Gasteiger partial charge in [0.05, 0.1) is 70.9 Å². The number of benzene rings is 10. The first-order valence-corrected chi connectivity index (χ1v) is 40.1. The van der Waals surface area contributed by atoms with Crippen molar-refractivity contribution in [2.24, 2.45) is 7.05 Å². The Hall–Kier alpha value is -14.7. The second-order valence-electron chi connectivity index (χ2n) is 28.6. The van der Waals surface area contributed by atoms with Gasteiger partial charge >= 0.3 is 47.8 Å². The zero-order chi connectivity index (χ0) is 86.9. The van der Waals surface area contributed by atoms with Gasteiger partial charge in [-0.3, -0.25) is 9.59 Å². The molecule has 2 fully saturated rings. The smallest absolute Gasteiger partial charge is 0.338 e. The Kier molecular flexibility index (Phi) is 29.9. The fraction of sp³-hybridized carbons (Fsp3) is 0.237. The first-order valence-electron chi connectivity index (χ1n) is 40.1. The number of rotatable bonds is 35. The Morgan fingerprint density at radius 3 is 1.07 bits per heavy atom. The topological polar surface area (TPSA) is 326 Å². The zero-order valence-electron chi connectivity index (χ0n) is 67.9. The predicted octanol–water partition coefficient (Wildman–Crippen LogP) is 15.2. The van der Waals surface area contributed by atoms with Crippen LogP contribution in [0.3, 0.4) is 0 Å². The number of esters is 8. The van der Waals surface area contributed by atoms with E-state index in [0.717, 1.165) is 32.1 Å². The molecule has 0 spiro atoms. The summed E-state index contributed by atoms with van der Waals surface area (Å²) in [6.45, 7) is 0.762. The van der Waals surface area contributed by atoms with Crippen LogP contribution >= 0.6 is 0 Å². The molecule has 10 aromatic carbocycles. The maximum Gasteiger partial charge on any atom is 0.338 e. The van der Waals surface area contributed by atoms with Crippen molar-refractivity contribution in [1.82, 2.24) is 4.57 Å². The van der Waals surface area contributed by atoms with Crippen molar-refractivity contribution in [3.8, 4) is 28.7 Å². The van der Waals surface area contributed by atoms with Crippen LogP contribution in [0.25, 0.3) is 17.0 Å². The lowest BCUT2D eigenvalue weighted by Gasteiger charge is -2.44. The van der Waals surface area contributed by atoms with Gasteiger partial charge in [0, 0.05) is 24.2 Å². The molecule has 2 aliphatic heterocycles. The molecule has 1 N–H and O–H groups in total. The minimum absolute atomic E-state index is 0.0186. The van der Waals surface area contributed by atoms with Gasteiger partial charge in [0.25, 0.3) is 5.56 Å². The molecule has 10 atom stereocenters. The third-order valence-corrected chi connectivity index (χ3v) is 20.2. The fourth-order valence-electron chi connectivity index (χ4n) is 13.8. The number of anilines is 1. The van der Waals surface area contributed by atoms with Gasteiger partial charge in [-0.15, -0.1) is 0 Å². The lowest BCUT2D eigenvalue weighted by molar-refractivity contribution is -0.275. The van der Waals surface area contributed by atoms with E-state index in [1.165, 1.54) is 165 Å². The average Bonchev–Trinajstić information content (AvgIpc) is 0.751. The molecule has 11 aromatic rings. The van der Waals surface area contributed by atoms with Gasteiger partial charge in [-0.25, -0.2) is 38.4 Å². The first kappa shape index (κ1) is 87.1. The summed E-state index contributed by atoms with van der Waals surface area (Å²) in [5.41, 5.74) is 0.452. The number of ether oxygens (including phenoxy) is 15. The van der Waals surface area contributed by atoms with Crippen LogP contribution in [-0.4, -0.2) is 154 Å². The number of nitrogens with one attached hydrogen (secondary N) is 1. The molecule has 3 heterocycles. The van der Waals surface area contributed by atoms with E-state index >= 15 is 4.79 Å². The van der Waals surface area contributed by atoms with Crippen LogP contribution in [-0.2, 0) is 59.2 Å². The SMILES string of the molecule is CCCCCCCCOc1c(O[C@@H]2O[C@H](COC(=O)c3ccccc3)[C@H](OC(=O)c3ccccc3)[C@H](OC(=O)c3ccccc3)[C@H]2OC(=O)c2ccccc2)c2ccc(NC(=O)/C=C/c3cc(OC)c(O[C@@H]4O[C@H](COC(=O)c5ccccc5)[C@H](OC(=O)c5ccccc5)[C@H](OC(=O)c5ccccc5)[C@H]4OC(=O)c4ccccc4)c(OC)c3)cc2n(C)c1=O. The second kappa shape index (κ2) is 42.5. The largest absolute Gasteiger partial charge is 0.493 e. The molecule has 2 saturated heterocycles. The van der Waals surface area contributed by atoms with Crippen molar-refractivity contribution in [3.63, 3.8) is 0 Å². The molecular weight excluding hydrogens is 1590 g/mol. The molecule has 636 valence electrons. The van der Waals surface area contributed by atoms with E-state index in [1.807, 2.05) is 0 Å². The standard InChI is InChI=1S/C97H88N2O25/c1-5-6-7-8-9-34-55-112-84-78(123-96-85(121-94(108)68-47-30-16-31-48-68)82(119-92(106)66-43-26-14-27-44-66)80(117-90(104)64-39-22-12-23-40-64)75(115-96)59-113-88(102)62-35-18-10-19-36-62)71-53-52-70(58-72(71)99(2)87(84)101)98-77(100)54-51-61-56-73(110-3)79(74(57-61)111-4)124-97-86(122-95(109)69-49-32-17-33-50-69)83(120-93(107)67-45-28-15-29-46-67)81(118-91(105)65-41-24-13-25-42-65)76(116-97)60-114-89(103)63-37-20-11-21-38-63/h10-33,35-54,56-58,75-76,80-83,85-86,96-97H,5-9,34,55,59-60H2,1-4H3,(H,98,100)/b54-51+/t75-,76-,80+,81+,82+,83+,85-,86-,96+,97+/m1/s1. The Bertz CT molecular complexity index is 5590. The molecule has 0 bridgehead atoms.